The first kappa shape index (κ1) is 20.7. The third-order valence-corrected chi connectivity index (χ3v) is 6.82. The molecule has 164 valence electrons. The molecule has 10 heteroatoms. The minimum Gasteiger partial charge on any atom is -0.454 e. The van der Waals surface area contributed by atoms with Crippen molar-refractivity contribution in [2.45, 2.75) is 25.3 Å². The number of anilines is 1. The van der Waals surface area contributed by atoms with E-state index in [9.17, 15) is 9.59 Å². The molecular formula is C22H19ClN4O4S. The number of carbonyl (C=O) groups is 2. The van der Waals surface area contributed by atoms with Crippen molar-refractivity contribution in [2.75, 3.05) is 18.7 Å². The van der Waals surface area contributed by atoms with E-state index in [2.05, 4.69) is 15.5 Å². The number of rotatable bonds is 5. The molecule has 1 atom stereocenters. The van der Waals surface area contributed by atoms with E-state index in [1.165, 1.54) is 11.3 Å². The summed E-state index contributed by atoms with van der Waals surface area (Å²) < 4.78 is 10.6. The van der Waals surface area contributed by atoms with Gasteiger partial charge in [-0.1, -0.05) is 41.1 Å². The predicted molar refractivity (Wildman–Crippen MR) is 119 cm³/mol. The molecule has 0 spiro atoms. The van der Waals surface area contributed by atoms with Gasteiger partial charge in [-0.25, -0.2) is 0 Å². The van der Waals surface area contributed by atoms with Gasteiger partial charge in [0, 0.05) is 23.3 Å². The maximum Gasteiger partial charge on any atom is 0.286 e. The molecule has 0 radical (unpaired) electrons. The SMILES string of the molecule is O=C(Nc1ccc2c(c1)OCO2)c1nnc([C@H]2CCCN2C(=O)Cc2ccccc2Cl)s1. The Morgan fingerprint density at radius 2 is 2.00 bits per heavy atom. The third kappa shape index (κ3) is 4.13. The predicted octanol–water partition coefficient (Wildman–Crippen LogP) is 4.08. The standard InChI is InChI=1S/C22H19ClN4O4S/c23-15-5-2-1-4-13(15)10-19(28)27-9-3-6-16(27)21-25-26-22(32-21)20(29)24-14-7-8-17-18(11-14)31-12-30-17/h1-2,4-5,7-8,11,16H,3,6,9-10,12H2,(H,24,29)/t16-/m1/s1. The van der Waals surface area contributed by atoms with E-state index in [1.54, 1.807) is 24.3 Å². The van der Waals surface area contributed by atoms with Crippen LogP contribution in [0.25, 0.3) is 0 Å². The lowest BCUT2D eigenvalue weighted by atomic mass is 10.1. The summed E-state index contributed by atoms with van der Waals surface area (Å²) in [6.45, 7) is 0.811. The minimum atomic E-state index is -0.362. The molecule has 32 heavy (non-hydrogen) atoms. The fourth-order valence-electron chi connectivity index (χ4n) is 3.85. The molecule has 1 aromatic heterocycles. The van der Waals surface area contributed by atoms with E-state index >= 15 is 0 Å². The van der Waals surface area contributed by atoms with Gasteiger partial charge in [-0.15, -0.1) is 10.2 Å². The van der Waals surface area contributed by atoms with E-state index in [0.717, 1.165) is 18.4 Å². The van der Waals surface area contributed by atoms with Crippen LogP contribution >= 0.6 is 22.9 Å². The van der Waals surface area contributed by atoms with Gasteiger partial charge < -0.3 is 19.7 Å². The Morgan fingerprint density at radius 1 is 1.16 bits per heavy atom. The van der Waals surface area contributed by atoms with Crippen molar-refractivity contribution in [3.63, 3.8) is 0 Å². The molecule has 1 saturated heterocycles. The zero-order valence-corrected chi connectivity index (χ0v) is 18.5. The first-order valence-corrected chi connectivity index (χ1v) is 11.4. The summed E-state index contributed by atoms with van der Waals surface area (Å²) in [6, 6.07) is 12.3. The van der Waals surface area contributed by atoms with E-state index < -0.39 is 0 Å². The van der Waals surface area contributed by atoms with Crippen LogP contribution in [0.15, 0.2) is 42.5 Å². The Balaban J connectivity index is 1.27. The molecule has 1 fully saturated rings. The van der Waals surface area contributed by atoms with Gasteiger partial charge >= 0.3 is 0 Å². The third-order valence-electron chi connectivity index (χ3n) is 5.42. The number of likely N-dealkylation sites (tertiary alicyclic amines) is 1. The van der Waals surface area contributed by atoms with Gasteiger partial charge in [0.25, 0.3) is 5.91 Å². The number of carbonyl (C=O) groups excluding carboxylic acids is 2. The van der Waals surface area contributed by atoms with Crippen molar-refractivity contribution in [1.29, 1.82) is 0 Å². The molecule has 0 unspecified atom stereocenters. The highest BCUT2D eigenvalue weighted by atomic mass is 35.5. The molecular weight excluding hydrogens is 452 g/mol. The number of nitrogens with one attached hydrogen (secondary N) is 1. The van der Waals surface area contributed by atoms with E-state index in [0.29, 0.717) is 33.8 Å². The van der Waals surface area contributed by atoms with Crippen LogP contribution < -0.4 is 14.8 Å². The van der Waals surface area contributed by atoms with Gasteiger partial charge in [-0.2, -0.15) is 0 Å². The first-order valence-electron chi connectivity index (χ1n) is 10.2. The van der Waals surface area contributed by atoms with Gasteiger partial charge in [0.2, 0.25) is 17.7 Å². The Hall–Kier alpha value is -3.17. The van der Waals surface area contributed by atoms with Gasteiger partial charge in [0.1, 0.15) is 5.01 Å². The molecule has 2 aliphatic heterocycles. The number of nitrogens with zero attached hydrogens (tertiary/aromatic N) is 3. The van der Waals surface area contributed by atoms with Crippen LogP contribution in [0, 0.1) is 0 Å². The van der Waals surface area contributed by atoms with Crippen LogP contribution in [0.5, 0.6) is 11.5 Å². The monoisotopic (exact) mass is 470 g/mol. The summed E-state index contributed by atoms with van der Waals surface area (Å²) >= 11 is 7.42. The molecule has 2 aromatic carbocycles. The minimum absolute atomic E-state index is 0.0119. The molecule has 0 saturated carbocycles. The zero-order valence-electron chi connectivity index (χ0n) is 16.9. The molecule has 2 aliphatic rings. The van der Waals surface area contributed by atoms with E-state index in [1.807, 2.05) is 23.1 Å². The number of fused-ring (bicyclic) bond motifs is 1. The van der Waals surface area contributed by atoms with Crippen LogP contribution in [0.3, 0.4) is 0 Å². The Morgan fingerprint density at radius 3 is 2.88 bits per heavy atom. The van der Waals surface area contributed by atoms with E-state index in [-0.39, 0.29) is 36.1 Å². The number of amides is 2. The summed E-state index contributed by atoms with van der Waals surface area (Å²) in [5.41, 5.74) is 1.37. The summed E-state index contributed by atoms with van der Waals surface area (Å²) in [5.74, 6) is 0.852. The van der Waals surface area contributed by atoms with Crippen molar-refractivity contribution in [3.8, 4) is 11.5 Å². The van der Waals surface area contributed by atoms with Crippen LogP contribution in [0.4, 0.5) is 5.69 Å². The second-order valence-electron chi connectivity index (χ2n) is 7.48. The van der Waals surface area contributed by atoms with Gasteiger partial charge in [-0.05, 0) is 36.6 Å². The largest absolute Gasteiger partial charge is 0.454 e. The fraction of sp³-hybridized carbons (Fsp3) is 0.273. The van der Waals surface area contributed by atoms with Crippen LogP contribution in [-0.4, -0.2) is 40.2 Å². The zero-order chi connectivity index (χ0) is 22.1. The number of hydrogen-bond donors (Lipinski definition) is 1. The second kappa shape index (κ2) is 8.76. The van der Waals surface area contributed by atoms with Crippen LogP contribution in [0.2, 0.25) is 5.02 Å². The molecule has 0 aliphatic carbocycles. The lowest BCUT2D eigenvalue weighted by Crippen LogP contribution is -2.31. The second-order valence-corrected chi connectivity index (χ2v) is 8.90. The quantitative estimate of drug-likeness (QED) is 0.604. The summed E-state index contributed by atoms with van der Waals surface area (Å²) in [5, 5.41) is 12.6. The smallest absolute Gasteiger partial charge is 0.286 e. The normalized spacial score (nSPS) is 16.9. The number of ether oxygens (including phenoxy) is 2. The lowest BCUT2D eigenvalue weighted by Gasteiger charge is -2.23. The molecule has 5 rings (SSSR count). The maximum absolute atomic E-state index is 12.9. The van der Waals surface area contributed by atoms with Crippen molar-refractivity contribution < 1.29 is 19.1 Å². The highest BCUT2D eigenvalue weighted by Gasteiger charge is 2.33. The van der Waals surface area contributed by atoms with Gasteiger partial charge in [0.15, 0.2) is 11.5 Å². The molecule has 3 heterocycles. The molecule has 2 amide bonds. The summed E-state index contributed by atoms with van der Waals surface area (Å²) in [7, 11) is 0. The first-order chi connectivity index (χ1) is 15.6. The number of halogens is 1. The molecule has 8 nitrogen and oxygen atoms in total. The van der Waals surface area contributed by atoms with Crippen LogP contribution in [-0.2, 0) is 11.2 Å². The highest BCUT2D eigenvalue weighted by Crippen LogP contribution is 2.36. The maximum atomic E-state index is 12.9. The van der Waals surface area contributed by atoms with Gasteiger partial charge in [0.05, 0.1) is 12.5 Å². The summed E-state index contributed by atoms with van der Waals surface area (Å²) in [6.07, 6.45) is 1.89. The number of benzene rings is 2. The number of hydrogen-bond acceptors (Lipinski definition) is 7. The Kier molecular flexibility index (Phi) is 5.67. The van der Waals surface area contributed by atoms with Crippen molar-refractivity contribution in [2.24, 2.45) is 0 Å². The summed E-state index contributed by atoms with van der Waals surface area (Å²) in [4.78, 5) is 27.4. The Labute approximate surface area is 193 Å². The fourth-order valence-corrected chi connectivity index (χ4v) is 4.94. The lowest BCUT2D eigenvalue weighted by molar-refractivity contribution is -0.131. The topological polar surface area (TPSA) is 93.7 Å². The van der Waals surface area contributed by atoms with Gasteiger partial charge in [-0.3, -0.25) is 9.59 Å². The average molecular weight is 471 g/mol. The molecule has 0 bridgehead atoms. The molecule has 1 N–H and O–H groups in total. The van der Waals surface area contributed by atoms with Crippen molar-refractivity contribution in [1.82, 2.24) is 15.1 Å². The Bertz CT molecular complexity index is 1180. The average Bonchev–Trinajstić information content (AvgIpc) is 3.54. The highest BCUT2D eigenvalue weighted by molar-refractivity contribution is 7.13. The molecule has 3 aromatic rings. The van der Waals surface area contributed by atoms with Crippen LogP contribution in [0.1, 0.15) is 39.3 Å². The number of aromatic nitrogens is 2. The van der Waals surface area contributed by atoms with E-state index in [4.69, 9.17) is 21.1 Å². The van der Waals surface area contributed by atoms with Crippen molar-refractivity contribution >= 4 is 40.4 Å². The van der Waals surface area contributed by atoms with Crippen molar-refractivity contribution in [3.05, 3.63) is 63.1 Å².